The Kier molecular flexibility index (Phi) is 8.13. The van der Waals surface area contributed by atoms with E-state index in [4.69, 9.17) is 4.74 Å². The quantitative estimate of drug-likeness (QED) is 0.410. The largest absolute Gasteiger partial charge is 0.462 e. The van der Waals surface area contributed by atoms with Crippen LogP contribution in [0.5, 0.6) is 0 Å². The molecule has 26 heavy (non-hydrogen) atoms. The Morgan fingerprint density at radius 1 is 0.962 bits per heavy atom. The maximum atomic E-state index is 13.2. The second-order valence-corrected chi connectivity index (χ2v) is 6.38. The van der Waals surface area contributed by atoms with Crippen LogP contribution < -0.4 is 4.90 Å². The summed E-state index contributed by atoms with van der Waals surface area (Å²) in [6.45, 7) is 6.01. The fraction of sp³-hybridized carbons (Fsp3) is 0.409. The number of carbonyl (C=O) groups is 1. The van der Waals surface area contributed by atoms with Gasteiger partial charge in [0.25, 0.3) is 0 Å². The van der Waals surface area contributed by atoms with Crippen LogP contribution in [0.25, 0.3) is 0 Å². The molecule has 0 unspecified atom stereocenters. The van der Waals surface area contributed by atoms with Crippen molar-refractivity contribution in [2.24, 2.45) is 0 Å². The highest BCUT2D eigenvalue weighted by atomic mass is 19.1. The predicted octanol–water partition coefficient (Wildman–Crippen LogP) is 5.59. The number of benzene rings is 2. The van der Waals surface area contributed by atoms with Crippen LogP contribution in [0, 0.1) is 5.82 Å². The summed E-state index contributed by atoms with van der Waals surface area (Å²) in [6.07, 6.45) is 4.73. The van der Waals surface area contributed by atoms with E-state index >= 15 is 0 Å². The highest BCUT2D eigenvalue weighted by molar-refractivity contribution is 5.89. The maximum absolute atomic E-state index is 13.2. The second-order valence-electron chi connectivity index (χ2n) is 6.38. The Hall–Kier alpha value is -2.36. The number of esters is 1. The predicted molar refractivity (Wildman–Crippen MR) is 104 cm³/mol. The highest BCUT2D eigenvalue weighted by Gasteiger charge is 2.10. The molecule has 2 aromatic carbocycles. The number of halogens is 1. The van der Waals surface area contributed by atoms with E-state index in [1.807, 2.05) is 24.3 Å². The van der Waals surface area contributed by atoms with E-state index in [9.17, 15) is 9.18 Å². The third-order valence-electron chi connectivity index (χ3n) is 4.31. The summed E-state index contributed by atoms with van der Waals surface area (Å²) < 4.78 is 18.2. The average molecular weight is 357 g/mol. The monoisotopic (exact) mass is 357 g/mol. The van der Waals surface area contributed by atoms with Crippen LogP contribution in [0.1, 0.15) is 55.5 Å². The zero-order chi connectivity index (χ0) is 18.8. The Balaban J connectivity index is 2.10. The molecule has 0 saturated heterocycles. The highest BCUT2D eigenvalue weighted by Crippen LogP contribution is 2.20. The molecule has 0 aliphatic rings. The molecule has 0 N–H and O–H groups in total. The first kappa shape index (κ1) is 20.0. The van der Waals surface area contributed by atoms with Gasteiger partial charge in [0, 0.05) is 18.8 Å². The minimum atomic E-state index is -0.299. The minimum Gasteiger partial charge on any atom is -0.462 e. The first-order valence-electron chi connectivity index (χ1n) is 9.40. The van der Waals surface area contributed by atoms with Gasteiger partial charge in [-0.25, -0.2) is 9.18 Å². The van der Waals surface area contributed by atoms with Gasteiger partial charge in [-0.05, 0) is 55.3 Å². The van der Waals surface area contributed by atoms with Gasteiger partial charge >= 0.3 is 5.97 Å². The van der Waals surface area contributed by atoms with Gasteiger partial charge in [0.2, 0.25) is 0 Å². The third-order valence-corrected chi connectivity index (χ3v) is 4.31. The van der Waals surface area contributed by atoms with Gasteiger partial charge in [-0.2, -0.15) is 0 Å². The van der Waals surface area contributed by atoms with Crippen molar-refractivity contribution < 1.29 is 13.9 Å². The Morgan fingerprint density at radius 2 is 1.65 bits per heavy atom. The Bertz CT molecular complexity index is 668. The lowest BCUT2D eigenvalue weighted by Crippen LogP contribution is -2.24. The van der Waals surface area contributed by atoms with E-state index in [0.717, 1.165) is 24.2 Å². The molecule has 0 atom stereocenters. The number of hydrogen-bond acceptors (Lipinski definition) is 3. The van der Waals surface area contributed by atoms with Crippen molar-refractivity contribution in [3.63, 3.8) is 0 Å². The smallest absolute Gasteiger partial charge is 0.338 e. The number of anilines is 1. The lowest BCUT2D eigenvalue weighted by atomic mass is 10.1. The molecule has 0 aliphatic heterocycles. The average Bonchev–Trinajstić information content (AvgIpc) is 2.66. The molecule has 140 valence electrons. The molecule has 2 aromatic rings. The van der Waals surface area contributed by atoms with E-state index < -0.39 is 0 Å². The van der Waals surface area contributed by atoms with Gasteiger partial charge in [-0.1, -0.05) is 38.3 Å². The Labute approximate surface area is 155 Å². The zero-order valence-corrected chi connectivity index (χ0v) is 15.7. The fourth-order valence-corrected chi connectivity index (χ4v) is 2.86. The van der Waals surface area contributed by atoms with Gasteiger partial charge in [0.05, 0.1) is 12.2 Å². The summed E-state index contributed by atoms with van der Waals surface area (Å²) in [5, 5.41) is 0. The summed E-state index contributed by atoms with van der Waals surface area (Å²) in [5.74, 6) is -0.519. The molecule has 0 aliphatic carbocycles. The van der Waals surface area contributed by atoms with Crippen molar-refractivity contribution in [2.45, 2.75) is 46.1 Å². The second kappa shape index (κ2) is 10.6. The number of nitrogens with zero attached hydrogens (tertiary/aromatic N) is 1. The molecule has 0 spiro atoms. The van der Waals surface area contributed by atoms with Gasteiger partial charge in [-0.3, -0.25) is 0 Å². The van der Waals surface area contributed by atoms with Crippen molar-refractivity contribution in [3.8, 4) is 0 Å². The van der Waals surface area contributed by atoms with Gasteiger partial charge in [0.1, 0.15) is 5.82 Å². The number of hydrogen-bond donors (Lipinski definition) is 0. The normalized spacial score (nSPS) is 10.6. The SMILES string of the molecule is CCCCCCN(Cc1ccc(F)cc1)c1ccc(C(=O)OCC)cc1. The molecule has 0 amide bonds. The van der Waals surface area contributed by atoms with E-state index in [-0.39, 0.29) is 11.8 Å². The van der Waals surface area contributed by atoms with Crippen molar-refractivity contribution in [1.82, 2.24) is 0 Å². The van der Waals surface area contributed by atoms with Gasteiger partial charge in [0.15, 0.2) is 0 Å². The van der Waals surface area contributed by atoms with Crippen molar-refractivity contribution in [3.05, 3.63) is 65.5 Å². The lowest BCUT2D eigenvalue weighted by molar-refractivity contribution is 0.0526. The minimum absolute atomic E-state index is 0.220. The third kappa shape index (κ3) is 6.17. The molecule has 4 heteroatoms. The van der Waals surface area contributed by atoms with Gasteiger partial charge in [-0.15, -0.1) is 0 Å². The van der Waals surface area contributed by atoms with Crippen LogP contribution in [0.3, 0.4) is 0 Å². The Morgan fingerprint density at radius 3 is 2.27 bits per heavy atom. The van der Waals surface area contributed by atoms with Crippen LogP contribution in [-0.2, 0) is 11.3 Å². The van der Waals surface area contributed by atoms with E-state index in [0.29, 0.717) is 18.7 Å². The molecular weight excluding hydrogens is 329 g/mol. The molecular formula is C22H28FNO2. The number of unbranched alkanes of at least 4 members (excludes halogenated alkanes) is 3. The van der Waals surface area contributed by atoms with Crippen LogP contribution in [-0.4, -0.2) is 19.1 Å². The molecule has 0 saturated carbocycles. The van der Waals surface area contributed by atoms with Crippen molar-refractivity contribution in [1.29, 1.82) is 0 Å². The first-order valence-corrected chi connectivity index (χ1v) is 9.40. The summed E-state index contributed by atoms with van der Waals surface area (Å²) >= 11 is 0. The molecule has 0 heterocycles. The van der Waals surface area contributed by atoms with E-state index in [1.54, 1.807) is 19.1 Å². The topological polar surface area (TPSA) is 29.5 Å². The maximum Gasteiger partial charge on any atom is 0.338 e. The summed E-state index contributed by atoms with van der Waals surface area (Å²) in [7, 11) is 0. The molecule has 3 nitrogen and oxygen atoms in total. The molecule has 2 rings (SSSR count). The first-order chi connectivity index (χ1) is 12.6. The van der Waals surface area contributed by atoms with Crippen LogP contribution >= 0.6 is 0 Å². The zero-order valence-electron chi connectivity index (χ0n) is 15.7. The van der Waals surface area contributed by atoms with Crippen LogP contribution in [0.15, 0.2) is 48.5 Å². The fourth-order valence-electron chi connectivity index (χ4n) is 2.86. The molecule has 0 fully saturated rings. The number of ether oxygens (including phenoxy) is 1. The van der Waals surface area contributed by atoms with Crippen molar-refractivity contribution >= 4 is 11.7 Å². The van der Waals surface area contributed by atoms with Crippen LogP contribution in [0.4, 0.5) is 10.1 Å². The summed E-state index contributed by atoms with van der Waals surface area (Å²) in [6, 6.07) is 14.1. The number of carbonyl (C=O) groups excluding carboxylic acids is 1. The molecule has 0 radical (unpaired) electrons. The van der Waals surface area contributed by atoms with E-state index in [2.05, 4.69) is 11.8 Å². The summed E-state index contributed by atoms with van der Waals surface area (Å²) in [5.41, 5.74) is 2.68. The van der Waals surface area contributed by atoms with Gasteiger partial charge < -0.3 is 9.64 Å². The number of rotatable bonds is 10. The lowest BCUT2D eigenvalue weighted by Gasteiger charge is -2.25. The summed E-state index contributed by atoms with van der Waals surface area (Å²) in [4.78, 5) is 14.1. The van der Waals surface area contributed by atoms with Crippen molar-refractivity contribution in [2.75, 3.05) is 18.1 Å². The molecule has 0 bridgehead atoms. The molecule has 0 aromatic heterocycles. The van der Waals surface area contributed by atoms with E-state index in [1.165, 1.54) is 31.4 Å². The van der Waals surface area contributed by atoms with Crippen LogP contribution in [0.2, 0.25) is 0 Å². The standard InChI is InChI=1S/C22H28FNO2/c1-3-5-6-7-16-24(17-18-8-12-20(23)13-9-18)21-14-10-19(11-15-21)22(25)26-4-2/h8-15H,3-7,16-17H2,1-2H3.